The minimum atomic E-state index is -0.404. The highest BCUT2D eigenvalue weighted by molar-refractivity contribution is 5.68. The molecule has 0 radical (unpaired) electrons. The van der Waals surface area contributed by atoms with Gasteiger partial charge in [0.15, 0.2) is 0 Å². The first kappa shape index (κ1) is 22.8. The number of hydrogen-bond acceptors (Lipinski definition) is 4. The van der Waals surface area contributed by atoms with Crippen molar-refractivity contribution in [3.8, 4) is 0 Å². The number of nitrogens with one attached hydrogen (secondary N) is 1. The lowest BCUT2D eigenvalue weighted by molar-refractivity contribution is 0.0120. The maximum atomic E-state index is 11.8. The number of carbonyl (C=O) groups is 2. The number of likely N-dealkylation sites (tertiary alicyclic amines) is 1. The summed E-state index contributed by atoms with van der Waals surface area (Å²) < 4.78 is 10.3. The summed E-state index contributed by atoms with van der Waals surface area (Å²) in [4.78, 5) is 24.3. The van der Waals surface area contributed by atoms with Crippen LogP contribution in [0.5, 0.6) is 0 Å². The number of alkyl carbamates (subject to hydrolysis) is 1. The van der Waals surface area contributed by atoms with Gasteiger partial charge in [-0.2, -0.15) is 0 Å². The van der Waals surface area contributed by atoms with Gasteiger partial charge in [0.2, 0.25) is 0 Å². The first-order valence-electron chi connectivity index (χ1n) is 9.74. The van der Waals surface area contributed by atoms with Crippen molar-refractivity contribution >= 4 is 12.2 Å². The zero-order valence-electron chi connectivity index (χ0n) is 17.1. The molecule has 0 aliphatic carbocycles. The van der Waals surface area contributed by atoms with Gasteiger partial charge in [-0.25, -0.2) is 9.59 Å². The number of ether oxygens (including phenoxy) is 2. The molecular formula is C21H34N2O4. The van der Waals surface area contributed by atoms with E-state index in [-0.39, 0.29) is 11.7 Å². The highest BCUT2D eigenvalue weighted by Gasteiger charge is 2.24. The molecule has 0 aromatic heterocycles. The molecule has 1 saturated heterocycles. The quantitative estimate of drug-likeness (QED) is 0.822. The molecule has 1 N–H and O–H groups in total. The van der Waals surface area contributed by atoms with Crippen LogP contribution in [-0.2, 0) is 16.1 Å². The van der Waals surface area contributed by atoms with Crippen molar-refractivity contribution in [2.24, 2.45) is 0 Å². The first-order valence-corrected chi connectivity index (χ1v) is 9.74. The SMILES string of the molecule is CCC(C)(C)OC(=O)N1CCCCCC1.CNC(=O)OCc1ccccc1. The molecule has 1 heterocycles. The molecule has 2 amide bonds. The third-order valence-corrected chi connectivity index (χ3v) is 4.50. The summed E-state index contributed by atoms with van der Waals surface area (Å²) >= 11 is 0. The van der Waals surface area contributed by atoms with Crippen LogP contribution in [0.2, 0.25) is 0 Å². The summed E-state index contributed by atoms with van der Waals surface area (Å²) in [7, 11) is 1.54. The average molecular weight is 379 g/mol. The van der Waals surface area contributed by atoms with Gasteiger partial charge in [-0.3, -0.25) is 0 Å². The second kappa shape index (κ2) is 12.2. The molecule has 6 heteroatoms. The topological polar surface area (TPSA) is 67.9 Å². The molecule has 1 aliphatic rings. The van der Waals surface area contributed by atoms with E-state index in [1.807, 2.05) is 56.0 Å². The zero-order chi connectivity index (χ0) is 20.1. The van der Waals surface area contributed by atoms with Crippen molar-refractivity contribution in [1.29, 1.82) is 0 Å². The van der Waals surface area contributed by atoms with Gasteiger partial charge in [0, 0.05) is 20.1 Å². The predicted molar refractivity (Wildman–Crippen MR) is 107 cm³/mol. The molecule has 6 nitrogen and oxygen atoms in total. The molecule has 1 fully saturated rings. The standard InChI is InChI=1S/C12H23NO2.C9H11NO2/c1-4-12(2,3)15-11(14)13-9-7-5-6-8-10-13;1-10-9(11)12-7-8-5-3-2-4-6-8/h4-10H2,1-3H3;2-6H,7H2,1H3,(H,10,11). The highest BCUT2D eigenvalue weighted by atomic mass is 16.6. The van der Waals surface area contributed by atoms with Crippen LogP contribution in [-0.4, -0.2) is 42.8 Å². The Morgan fingerprint density at radius 1 is 1.07 bits per heavy atom. The van der Waals surface area contributed by atoms with Crippen LogP contribution < -0.4 is 5.32 Å². The molecular weight excluding hydrogens is 344 g/mol. The highest BCUT2D eigenvalue weighted by Crippen LogP contribution is 2.17. The summed E-state index contributed by atoms with van der Waals surface area (Å²) in [5.74, 6) is 0. The molecule has 152 valence electrons. The van der Waals surface area contributed by atoms with Gasteiger partial charge in [0.25, 0.3) is 0 Å². The zero-order valence-corrected chi connectivity index (χ0v) is 17.1. The summed E-state index contributed by atoms with van der Waals surface area (Å²) in [6, 6.07) is 9.54. The van der Waals surface area contributed by atoms with Crippen molar-refractivity contribution in [2.45, 2.75) is 65.1 Å². The lowest BCUT2D eigenvalue weighted by Crippen LogP contribution is -2.38. The molecule has 0 bridgehead atoms. The van der Waals surface area contributed by atoms with Gasteiger partial charge in [-0.15, -0.1) is 0 Å². The maximum absolute atomic E-state index is 11.8. The lowest BCUT2D eigenvalue weighted by atomic mass is 10.1. The Labute approximate surface area is 163 Å². The summed E-state index contributed by atoms with van der Waals surface area (Å²) in [6.45, 7) is 8.00. The van der Waals surface area contributed by atoms with Gasteiger partial charge in [-0.1, -0.05) is 50.1 Å². The molecule has 0 unspecified atom stereocenters. The monoisotopic (exact) mass is 378 g/mol. The fourth-order valence-electron chi connectivity index (χ4n) is 2.42. The molecule has 0 saturated carbocycles. The first-order chi connectivity index (χ1) is 12.9. The third-order valence-electron chi connectivity index (χ3n) is 4.50. The summed E-state index contributed by atoms with van der Waals surface area (Å²) in [6.07, 6.45) is 5.01. The van der Waals surface area contributed by atoms with E-state index < -0.39 is 6.09 Å². The van der Waals surface area contributed by atoms with Crippen LogP contribution in [0.15, 0.2) is 30.3 Å². The second-order valence-electron chi connectivity index (χ2n) is 7.19. The van der Waals surface area contributed by atoms with Crippen molar-refractivity contribution in [3.63, 3.8) is 0 Å². The molecule has 0 atom stereocenters. The van der Waals surface area contributed by atoms with Crippen LogP contribution in [0.3, 0.4) is 0 Å². The predicted octanol–water partition coefficient (Wildman–Crippen LogP) is 4.73. The molecule has 1 aliphatic heterocycles. The van der Waals surface area contributed by atoms with E-state index >= 15 is 0 Å². The number of amides is 2. The molecule has 1 aromatic rings. The maximum Gasteiger partial charge on any atom is 0.410 e. The average Bonchev–Trinajstić information content (AvgIpc) is 2.97. The number of benzene rings is 1. The van der Waals surface area contributed by atoms with Crippen LogP contribution in [0, 0.1) is 0 Å². The van der Waals surface area contributed by atoms with Crippen molar-refractivity contribution < 1.29 is 19.1 Å². The molecule has 2 rings (SSSR count). The van der Waals surface area contributed by atoms with E-state index in [1.54, 1.807) is 0 Å². The van der Waals surface area contributed by atoms with E-state index in [9.17, 15) is 9.59 Å². The van der Waals surface area contributed by atoms with E-state index in [1.165, 1.54) is 19.9 Å². The van der Waals surface area contributed by atoms with Crippen molar-refractivity contribution in [3.05, 3.63) is 35.9 Å². The third kappa shape index (κ3) is 9.87. The number of carbonyl (C=O) groups excluding carboxylic acids is 2. The Kier molecular flexibility index (Phi) is 10.3. The minimum Gasteiger partial charge on any atom is -0.445 e. The normalized spacial score (nSPS) is 14.3. The number of hydrogen-bond donors (Lipinski definition) is 1. The van der Waals surface area contributed by atoms with Gasteiger partial charge in [0.05, 0.1) is 0 Å². The Bertz CT molecular complexity index is 553. The number of nitrogens with zero attached hydrogens (tertiary/aromatic N) is 1. The Balaban J connectivity index is 0.000000277. The van der Waals surface area contributed by atoms with E-state index in [0.717, 1.165) is 37.9 Å². The van der Waals surface area contributed by atoms with Gasteiger partial charge in [-0.05, 0) is 38.7 Å². The summed E-state index contributed by atoms with van der Waals surface area (Å²) in [5.41, 5.74) is 0.657. The Hall–Kier alpha value is -2.24. The van der Waals surface area contributed by atoms with Crippen LogP contribution in [0.4, 0.5) is 9.59 Å². The molecule has 0 spiro atoms. The van der Waals surface area contributed by atoms with Gasteiger partial charge < -0.3 is 19.7 Å². The lowest BCUT2D eigenvalue weighted by Gasteiger charge is -2.28. The fraction of sp³-hybridized carbons (Fsp3) is 0.619. The van der Waals surface area contributed by atoms with Crippen molar-refractivity contribution in [1.82, 2.24) is 10.2 Å². The minimum absolute atomic E-state index is 0.135. The van der Waals surface area contributed by atoms with Crippen molar-refractivity contribution in [2.75, 3.05) is 20.1 Å². The van der Waals surface area contributed by atoms with Crippen LogP contribution >= 0.6 is 0 Å². The van der Waals surface area contributed by atoms with Gasteiger partial charge >= 0.3 is 12.2 Å². The van der Waals surface area contributed by atoms with E-state index in [2.05, 4.69) is 5.32 Å². The number of rotatable bonds is 4. The van der Waals surface area contributed by atoms with E-state index in [4.69, 9.17) is 9.47 Å². The fourth-order valence-corrected chi connectivity index (χ4v) is 2.42. The largest absolute Gasteiger partial charge is 0.445 e. The molecule has 1 aromatic carbocycles. The molecule has 27 heavy (non-hydrogen) atoms. The Morgan fingerprint density at radius 3 is 2.19 bits per heavy atom. The van der Waals surface area contributed by atoms with Gasteiger partial charge in [0.1, 0.15) is 12.2 Å². The second-order valence-corrected chi connectivity index (χ2v) is 7.19. The van der Waals surface area contributed by atoms with Crippen LogP contribution in [0.25, 0.3) is 0 Å². The smallest absolute Gasteiger partial charge is 0.410 e. The van der Waals surface area contributed by atoms with E-state index in [0.29, 0.717) is 6.61 Å². The van der Waals surface area contributed by atoms with Crippen LogP contribution in [0.1, 0.15) is 58.4 Å². The Morgan fingerprint density at radius 2 is 1.67 bits per heavy atom. The summed E-state index contributed by atoms with van der Waals surface area (Å²) in [5, 5.41) is 2.37.